The van der Waals surface area contributed by atoms with E-state index in [1.807, 2.05) is 30.3 Å². The lowest BCUT2D eigenvalue weighted by atomic mass is 9.96. The number of likely N-dealkylation sites (N-methyl/N-ethyl adjacent to an activating group) is 1. The van der Waals surface area contributed by atoms with E-state index in [0.717, 1.165) is 10.5 Å². The van der Waals surface area contributed by atoms with E-state index >= 15 is 0 Å². The van der Waals surface area contributed by atoms with Crippen LogP contribution in [0, 0.1) is 0 Å². The first-order chi connectivity index (χ1) is 11.0. The first kappa shape index (κ1) is 16.5. The average Bonchev–Trinajstić information content (AvgIpc) is 2.59. The lowest BCUT2D eigenvalue weighted by molar-refractivity contribution is 0.0825. The number of carbonyl (C=O) groups excluding carboxylic acids is 1. The summed E-state index contributed by atoms with van der Waals surface area (Å²) in [6.07, 6.45) is -0.804. The number of Topliss-reactive ketones (excluding diaryl/α,β-unsaturated/α-hetero) is 1. The molecule has 0 aromatic heterocycles. The highest BCUT2D eigenvalue weighted by Crippen LogP contribution is 2.17. The van der Waals surface area contributed by atoms with Gasteiger partial charge in [-0.2, -0.15) is 0 Å². The second-order valence-electron chi connectivity index (χ2n) is 5.19. The molecule has 0 aliphatic rings. The van der Waals surface area contributed by atoms with Crippen molar-refractivity contribution in [2.45, 2.75) is 12.5 Å². The van der Waals surface area contributed by atoms with Gasteiger partial charge in [-0.1, -0.05) is 30.3 Å². The van der Waals surface area contributed by atoms with E-state index in [-0.39, 0.29) is 5.78 Å². The molecule has 0 saturated carbocycles. The number of carboxylic acid groups (broad SMARTS) is 1. The van der Waals surface area contributed by atoms with Gasteiger partial charge in [0, 0.05) is 19.0 Å². The van der Waals surface area contributed by atoms with Gasteiger partial charge in [0.2, 0.25) is 0 Å². The number of hydrogen-bond acceptors (Lipinski definition) is 3. The molecule has 1 atom stereocenters. The number of ether oxygens (including phenoxy) is 1. The zero-order valence-electron chi connectivity index (χ0n) is 13.1. The summed E-state index contributed by atoms with van der Waals surface area (Å²) in [6.45, 7) is 0. The van der Waals surface area contributed by atoms with Gasteiger partial charge in [0.05, 0.1) is 7.11 Å². The molecule has 0 saturated heterocycles. The van der Waals surface area contributed by atoms with Crippen LogP contribution < -0.4 is 4.74 Å². The second-order valence-corrected chi connectivity index (χ2v) is 5.19. The monoisotopic (exact) mass is 313 g/mol. The molecule has 2 rings (SSSR count). The first-order valence-electron chi connectivity index (χ1n) is 7.21. The lowest BCUT2D eigenvalue weighted by Crippen LogP contribution is -2.43. The summed E-state index contributed by atoms with van der Waals surface area (Å²) < 4.78 is 5.07. The highest BCUT2D eigenvalue weighted by atomic mass is 16.5. The van der Waals surface area contributed by atoms with E-state index in [9.17, 15) is 14.7 Å². The maximum absolute atomic E-state index is 12.7. The van der Waals surface area contributed by atoms with Gasteiger partial charge in [0.1, 0.15) is 11.8 Å². The average molecular weight is 313 g/mol. The van der Waals surface area contributed by atoms with Crippen LogP contribution in [0.5, 0.6) is 5.75 Å². The molecule has 1 N–H and O–H groups in total. The molecule has 0 radical (unpaired) electrons. The van der Waals surface area contributed by atoms with Crippen molar-refractivity contribution in [3.63, 3.8) is 0 Å². The van der Waals surface area contributed by atoms with E-state index in [2.05, 4.69) is 0 Å². The molecule has 0 spiro atoms. The predicted octanol–water partition coefficient (Wildman–Crippen LogP) is 3.10. The summed E-state index contributed by atoms with van der Waals surface area (Å²) in [5.41, 5.74) is 1.37. The van der Waals surface area contributed by atoms with Gasteiger partial charge in [0.25, 0.3) is 0 Å². The Hall–Kier alpha value is -2.82. The summed E-state index contributed by atoms with van der Waals surface area (Å²) in [7, 11) is 2.96. The van der Waals surface area contributed by atoms with Gasteiger partial charge in [0.15, 0.2) is 5.78 Å². The Bertz CT molecular complexity index is 667. The van der Waals surface area contributed by atoms with Crippen molar-refractivity contribution in [3.05, 3.63) is 65.7 Å². The van der Waals surface area contributed by atoms with Gasteiger partial charge in [-0.05, 0) is 29.8 Å². The van der Waals surface area contributed by atoms with Crippen LogP contribution in [-0.2, 0) is 6.42 Å². The van der Waals surface area contributed by atoms with E-state index in [1.165, 1.54) is 7.05 Å². The SMILES string of the molecule is COc1ccc(C(=O)C(Cc2ccccc2)N(C)C(=O)O)cc1. The van der Waals surface area contributed by atoms with Crippen LogP contribution in [0.15, 0.2) is 54.6 Å². The quantitative estimate of drug-likeness (QED) is 0.832. The smallest absolute Gasteiger partial charge is 0.407 e. The molecule has 5 nitrogen and oxygen atoms in total. The molecular formula is C18H19NO4. The van der Waals surface area contributed by atoms with Crippen LogP contribution in [-0.4, -0.2) is 42.1 Å². The third kappa shape index (κ3) is 4.10. The Labute approximate surface area is 135 Å². The molecule has 0 heterocycles. The second kappa shape index (κ2) is 7.45. The minimum Gasteiger partial charge on any atom is -0.497 e. The molecule has 5 heteroatoms. The summed E-state index contributed by atoms with van der Waals surface area (Å²) in [6, 6.07) is 15.3. The topological polar surface area (TPSA) is 66.8 Å². The Morgan fingerprint density at radius 2 is 1.70 bits per heavy atom. The minimum absolute atomic E-state index is 0.235. The van der Waals surface area contributed by atoms with E-state index in [4.69, 9.17) is 4.74 Å². The fraction of sp³-hybridized carbons (Fsp3) is 0.222. The van der Waals surface area contributed by atoms with Gasteiger partial charge >= 0.3 is 6.09 Å². The molecule has 23 heavy (non-hydrogen) atoms. The van der Waals surface area contributed by atoms with Crippen molar-refractivity contribution in [1.29, 1.82) is 0 Å². The number of ketones is 1. The fourth-order valence-corrected chi connectivity index (χ4v) is 2.32. The van der Waals surface area contributed by atoms with Crippen molar-refractivity contribution >= 4 is 11.9 Å². The molecule has 2 aromatic rings. The zero-order valence-corrected chi connectivity index (χ0v) is 13.1. The van der Waals surface area contributed by atoms with E-state index in [1.54, 1.807) is 31.4 Å². The molecule has 2 aromatic carbocycles. The molecule has 0 fully saturated rings. The highest BCUT2D eigenvalue weighted by molar-refractivity contribution is 6.01. The summed E-state index contributed by atoms with van der Waals surface area (Å²) in [5, 5.41) is 9.26. The molecular weight excluding hydrogens is 294 g/mol. The van der Waals surface area contributed by atoms with Gasteiger partial charge in [-0.25, -0.2) is 4.79 Å². The summed E-state index contributed by atoms with van der Waals surface area (Å²) in [4.78, 5) is 25.1. The largest absolute Gasteiger partial charge is 0.497 e. The number of hydrogen-bond donors (Lipinski definition) is 1. The molecule has 0 aliphatic heterocycles. The van der Waals surface area contributed by atoms with E-state index < -0.39 is 12.1 Å². The standard InChI is InChI=1S/C18H19NO4/c1-19(18(21)22)16(12-13-6-4-3-5-7-13)17(20)14-8-10-15(23-2)11-9-14/h3-11,16H,12H2,1-2H3,(H,21,22). The fourth-order valence-electron chi connectivity index (χ4n) is 2.32. The Morgan fingerprint density at radius 1 is 1.09 bits per heavy atom. The van der Waals surface area contributed by atoms with E-state index in [0.29, 0.717) is 17.7 Å². The van der Waals surface area contributed by atoms with Crippen molar-refractivity contribution < 1.29 is 19.4 Å². The zero-order chi connectivity index (χ0) is 16.8. The number of benzene rings is 2. The van der Waals surface area contributed by atoms with Crippen molar-refractivity contribution in [3.8, 4) is 5.75 Å². The number of carbonyl (C=O) groups is 2. The lowest BCUT2D eigenvalue weighted by Gasteiger charge is -2.24. The molecule has 1 unspecified atom stereocenters. The Kier molecular flexibility index (Phi) is 5.36. The predicted molar refractivity (Wildman–Crippen MR) is 87.0 cm³/mol. The highest BCUT2D eigenvalue weighted by Gasteiger charge is 2.27. The van der Waals surface area contributed by atoms with Crippen LogP contribution in [0.25, 0.3) is 0 Å². The first-order valence-corrected chi connectivity index (χ1v) is 7.21. The minimum atomic E-state index is -1.13. The molecule has 0 aliphatic carbocycles. The Morgan fingerprint density at radius 3 is 2.22 bits per heavy atom. The van der Waals surface area contributed by atoms with Crippen LogP contribution in [0.4, 0.5) is 4.79 Å². The number of methoxy groups -OCH3 is 1. The Balaban J connectivity index is 2.28. The van der Waals surface area contributed by atoms with Crippen molar-refractivity contribution in [2.75, 3.05) is 14.2 Å². The number of amides is 1. The molecule has 120 valence electrons. The molecule has 1 amide bonds. The van der Waals surface area contributed by atoms with Crippen molar-refractivity contribution in [2.24, 2.45) is 0 Å². The third-order valence-corrected chi connectivity index (χ3v) is 3.72. The van der Waals surface area contributed by atoms with Crippen molar-refractivity contribution in [1.82, 2.24) is 4.90 Å². The van der Waals surface area contributed by atoms with Gasteiger partial charge in [-0.15, -0.1) is 0 Å². The normalized spacial score (nSPS) is 11.6. The number of rotatable bonds is 6. The number of nitrogens with zero attached hydrogens (tertiary/aromatic N) is 1. The molecule has 0 bridgehead atoms. The van der Waals surface area contributed by atoms with Crippen LogP contribution in [0.3, 0.4) is 0 Å². The van der Waals surface area contributed by atoms with Crippen LogP contribution in [0.2, 0.25) is 0 Å². The van der Waals surface area contributed by atoms with Crippen LogP contribution >= 0.6 is 0 Å². The van der Waals surface area contributed by atoms with Gasteiger partial charge in [-0.3, -0.25) is 4.79 Å². The maximum Gasteiger partial charge on any atom is 0.407 e. The third-order valence-electron chi connectivity index (χ3n) is 3.72. The maximum atomic E-state index is 12.7. The summed E-state index contributed by atoms with van der Waals surface area (Å²) in [5.74, 6) is 0.411. The van der Waals surface area contributed by atoms with Crippen LogP contribution in [0.1, 0.15) is 15.9 Å². The summed E-state index contributed by atoms with van der Waals surface area (Å²) >= 11 is 0. The van der Waals surface area contributed by atoms with Gasteiger partial charge < -0.3 is 14.7 Å².